The van der Waals surface area contributed by atoms with Crippen LogP contribution < -0.4 is 16.0 Å². The van der Waals surface area contributed by atoms with Gasteiger partial charge in [-0.3, -0.25) is 9.59 Å². The Morgan fingerprint density at radius 3 is 2.48 bits per heavy atom. The molecule has 3 N–H and O–H groups in total. The van der Waals surface area contributed by atoms with Crippen molar-refractivity contribution < 1.29 is 9.59 Å². The van der Waals surface area contributed by atoms with Gasteiger partial charge in [-0.2, -0.15) is 0 Å². The van der Waals surface area contributed by atoms with Gasteiger partial charge in [0.1, 0.15) is 0 Å². The predicted molar refractivity (Wildman–Crippen MR) is 90.9 cm³/mol. The van der Waals surface area contributed by atoms with Crippen LogP contribution in [-0.2, 0) is 9.59 Å². The summed E-state index contributed by atoms with van der Waals surface area (Å²) in [6.07, 6.45) is 0.681. The number of carbonyl (C=O) groups is 2. The molecule has 0 aliphatic carbocycles. The summed E-state index contributed by atoms with van der Waals surface area (Å²) < 4.78 is 0.916. The summed E-state index contributed by atoms with van der Waals surface area (Å²) in [5.74, 6) is -0.161. The maximum atomic E-state index is 11.8. The first kappa shape index (κ1) is 19.9. The number of amides is 2. The number of halogens is 2. The molecule has 1 aromatic carbocycles. The van der Waals surface area contributed by atoms with Gasteiger partial charge in [0.25, 0.3) is 0 Å². The molecule has 0 fully saturated rings. The second-order valence-electron chi connectivity index (χ2n) is 4.46. The van der Waals surface area contributed by atoms with E-state index in [4.69, 9.17) is 0 Å². The number of anilines is 1. The van der Waals surface area contributed by atoms with Gasteiger partial charge in [-0.25, -0.2) is 0 Å². The van der Waals surface area contributed by atoms with Crippen LogP contribution in [0.3, 0.4) is 0 Å². The van der Waals surface area contributed by atoms with Crippen LogP contribution in [-0.4, -0.2) is 32.0 Å². The fraction of sp³-hybridized carbons (Fsp3) is 0.429. The highest BCUT2D eigenvalue weighted by Gasteiger charge is 2.06. The quantitative estimate of drug-likeness (QED) is 0.681. The van der Waals surface area contributed by atoms with E-state index in [2.05, 4.69) is 31.9 Å². The van der Waals surface area contributed by atoms with Crippen LogP contribution in [0.25, 0.3) is 0 Å². The maximum Gasteiger partial charge on any atom is 0.226 e. The first-order valence-corrected chi connectivity index (χ1v) is 7.29. The van der Waals surface area contributed by atoms with Crippen LogP contribution in [0.4, 0.5) is 5.69 Å². The van der Waals surface area contributed by atoms with Gasteiger partial charge in [0, 0.05) is 36.1 Å². The van der Waals surface area contributed by atoms with Crippen molar-refractivity contribution in [1.29, 1.82) is 0 Å². The van der Waals surface area contributed by atoms with E-state index < -0.39 is 0 Å². The molecule has 2 amide bonds. The molecule has 5 nitrogen and oxygen atoms in total. The van der Waals surface area contributed by atoms with Gasteiger partial charge in [0.2, 0.25) is 11.8 Å². The predicted octanol–water partition coefficient (Wildman–Crippen LogP) is 2.23. The van der Waals surface area contributed by atoms with Crippen molar-refractivity contribution in [3.05, 3.63) is 28.2 Å². The minimum atomic E-state index is -0.111. The molecule has 0 aliphatic rings. The van der Waals surface area contributed by atoms with E-state index in [9.17, 15) is 9.59 Å². The van der Waals surface area contributed by atoms with Crippen molar-refractivity contribution >= 4 is 45.8 Å². The van der Waals surface area contributed by atoms with Crippen LogP contribution in [0.15, 0.2) is 22.7 Å². The van der Waals surface area contributed by atoms with Crippen LogP contribution in [0.1, 0.15) is 18.4 Å². The van der Waals surface area contributed by atoms with E-state index in [1.807, 2.05) is 25.1 Å². The van der Waals surface area contributed by atoms with E-state index >= 15 is 0 Å². The zero-order chi connectivity index (χ0) is 15.0. The summed E-state index contributed by atoms with van der Waals surface area (Å²) in [4.78, 5) is 23.1. The monoisotopic (exact) mass is 377 g/mol. The van der Waals surface area contributed by atoms with Gasteiger partial charge in [-0.05, 0) is 31.7 Å². The van der Waals surface area contributed by atoms with E-state index in [1.165, 1.54) is 0 Å². The Bertz CT molecular complexity index is 483. The molecular weight excluding hydrogens is 358 g/mol. The Hall–Kier alpha value is -1.11. The Morgan fingerprint density at radius 2 is 1.81 bits per heavy atom. The number of hydrogen-bond donors (Lipinski definition) is 3. The van der Waals surface area contributed by atoms with Gasteiger partial charge in [0.15, 0.2) is 0 Å². The highest BCUT2D eigenvalue weighted by molar-refractivity contribution is 9.10. The zero-order valence-electron chi connectivity index (χ0n) is 12.2. The van der Waals surface area contributed by atoms with Crippen LogP contribution >= 0.6 is 28.3 Å². The molecule has 7 heteroatoms. The summed E-state index contributed by atoms with van der Waals surface area (Å²) in [6, 6.07) is 5.71. The van der Waals surface area contributed by atoms with Crippen molar-refractivity contribution in [3.63, 3.8) is 0 Å². The first-order chi connectivity index (χ1) is 9.52. The first-order valence-electron chi connectivity index (χ1n) is 6.50. The minimum absolute atomic E-state index is 0. The Morgan fingerprint density at radius 1 is 1.14 bits per heavy atom. The minimum Gasteiger partial charge on any atom is -0.356 e. The third kappa shape index (κ3) is 8.04. The molecule has 0 unspecified atom stereocenters. The molecule has 118 valence electrons. The fourth-order valence-electron chi connectivity index (χ4n) is 1.58. The maximum absolute atomic E-state index is 11.8. The summed E-state index contributed by atoms with van der Waals surface area (Å²) in [7, 11) is 1.79. The van der Waals surface area contributed by atoms with Gasteiger partial charge in [-0.15, -0.1) is 12.4 Å². The average molecular weight is 379 g/mol. The Labute approximate surface area is 139 Å². The number of aryl methyl sites for hydroxylation is 1. The molecule has 0 heterocycles. The Balaban J connectivity index is 0.00000400. The fourth-order valence-corrected chi connectivity index (χ4v) is 1.95. The topological polar surface area (TPSA) is 70.2 Å². The highest BCUT2D eigenvalue weighted by Crippen LogP contribution is 2.20. The van der Waals surface area contributed by atoms with E-state index in [0.29, 0.717) is 19.5 Å². The molecule has 0 bridgehead atoms. The molecule has 0 aromatic heterocycles. The van der Waals surface area contributed by atoms with Crippen molar-refractivity contribution in [3.8, 4) is 0 Å². The van der Waals surface area contributed by atoms with Crippen molar-refractivity contribution in [2.75, 3.05) is 25.5 Å². The second-order valence-corrected chi connectivity index (χ2v) is 5.38. The third-order valence-electron chi connectivity index (χ3n) is 2.75. The van der Waals surface area contributed by atoms with Crippen molar-refractivity contribution in [1.82, 2.24) is 10.6 Å². The normalized spacial score (nSPS) is 9.67. The van der Waals surface area contributed by atoms with Crippen molar-refractivity contribution in [2.24, 2.45) is 0 Å². The number of nitrogens with one attached hydrogen (secondary N) is 3. The van der Waals surface area contributed by atoms with Crippen LogP contribution in [0, 0.1) is 6.92 Å². The van der Waals surface area contributed by atoms with Crippen LogP contribution in [0.5, 0.6) is 0 Å². The molecule has 1 aromatic rings. The summed E-state index contributed by atoms with van der Waals surface area (Å²) in [5.41, 5.74) is 1.78. The third-order valence-corrected chi connectivity index (χ3v) is 3.24. The van der Waals surface area contributed by atoms with E-state index in [0.717, 1.165) is 15.7 Å². The summed E-state index contributed by atoms with van der Waals surface area (Å²) in [6.45, 7) is 2.91. The average Bonchev–Trinajstić information content (AvgIpc) is 2.40. The summed E-state index contributed by atoms with van der Waals surface area (Å²) in [5, 5.41) is 8.44. The van der Waals surface area contributed by atoms with E-state index in [1.54, 1.807) is 7.05 Å². The smallest absolute Gasteiger partial charge is 0.226 e. The lowest BCUT2D eigenvalue weighted by atomic mass is 10.2. The molecule has 0 saturated carbocycles. The Kier molecular flexibility index (Phi) is 10.0. The summed E-state index contributed by atoms with van der Waals surface area (Å²) >= 11 is 3.37. The molecule has 0 spiro atoms. The highest BCUT2D eigenvalue weighted by atomic mass is 79.9. The van der Waals surface area contributed by atoms with Gasteiger partial charge >= 0.3 is 0 Å². The van der Waals surface area contributed by atoms with Crippen LogP contribution in [0.2, 0.25) is 0 Å². The molecule has 0 radical (unpaired) electrons. The molecule has 0 aliphatic heterocycles. The molecular formula is C14H21BrClN3O2. The second kappa shape index (κ2) is 10.6. The lowest BCUT2D eigenvalue weighted by molar-refractivity contribution is -0.121. The largest absolute Gasteiger partial charge is 0.356 e. The molecule has 0 atom stereocenters. The molecule has 21 heavy (non-hydrogen) atoms. The zero-order valence-corrected chi connectivity index (χ0v) is 14.6. The van der Waals surface area contributed by atoms with Gasteiger partial charge in [0.05, 0.1) is 0 Å². The SMILES string of the molecule is CNCCC(=O)NCCC(=O)Nc1cc(Br)ccc1C.Cl. The van der Waals surface area contributed by atoms with Gasteiger partial charge in [-0.1, -0.05) is 22.0 Å². The standard InChI is InChI=1S/C14H20BrN3O2.ClH/c1-10-3-4-11(15)9-12(10)18-14(20)6-8-17-13(19)5-7-16-2;/h3-4,9,16H,5-8H2,1-2H3,(H,17,19)(H,18,20);1H. The van der Waals surface area contributed by atoms with Crippen molar-refractivity contribution in [2.45, 2.75) is 19.8 Å². The lowest BCUT2D eigenvalue weighted by Crippen LogP contribution is -2.29. The lowest BCUT2D eigenvalue weighted by Gasteiger charge is -2.09. The number of rotatable bonds is 7. The number of carbonyl (C=O) groups excluding carboxylic acids is 2. The number of hydrogen-bond acceptors (Lipinski definition) is 3. The molecule has 0 saturated heterocycles. The van der Waals surface area contributed by atoms with E-state index in [-0.39, 0.29) is 30.6 Å². The number of benzene rings is 1. The molecule has 1 rings (SSSR count). The van der Waals surface area contributed by atoms with Gasteiger partial charge < -0.3 is 16.0 Å².